The number of ketones is 1. The number of carbonyl (C=O) groups excluding carboxylic acids is 1. The Bertz CT molecular complexity index is 2000. The van der Waals surface area contributed by atoms with Gasteiger partial charge < -0.3 is 58.7 Å². The molecule has 4 heterocycles. The van der Waals surface area contributed by atoms with Gasteiger partial charge in [0.05, 0.1) is 49.4 Å². The third kappa shape index (κ3) is 22.0. The van der Waals surface area contributed by atoms with Crippen molar-refractivity contribution in [3.8, 4) is 0 Å². The Labute approximate surface area is 418 Å². The van der Waals surface area contributed by atoms with E-state index in [4.69, 9.17) is 18.9 Å². The van der Waals surface area contributed by atoms with Gasteiger partial charge in [-0.2, -0.15) is 17.2 Å². The van der Waals surface area contributed by atoms with Gasteiger partial charge in [0.2, 0.25) is 40.1 Å². The molecule has 0 spiro atoms. The number of hydrogen-bond donors (Lipinski definition) is 3. The van der Waals surface area contributed by atoms with E-state index < -0.39 is 74.9 Å². The summed E-state index contributed by atoms with van der Waals surface area (Å²) in [6, 6.07) is 0. The number of halogens is 1. The van der Waals surface area contributed by atoms with Crippen molar-refractivity contribution in [2.24, 2.45) is 0 Å². The quantitative estimate of drug-likeness (QED) is 0.113. The zero-order valence-corrected chi connectivity index (χ0v) is 46.8. The van der Waals surface area contributed by atoms with E-state index in [0.717, 1.165) is 32.3 Å². The van der Waals surface area contributed by atoms with Crippen LogP contribution >= 0.6 is 0 Å². The fourth-order valence-corrected chi connectivity index (χ4v) is 9.41. The summed E-state index contributed by atoms with van der Waals surface area (Å²) < 4.78 is 115. The molecule has 0 aliphatic carbocycles. The van der Waals surface area contributed by atoms with E-state index in [-0.39, 0.29) is 93.3 Å². The van der Waals surface area contributed by atoms with Crippen molar-refractivity contribution in [3.05, 3.63) is 42.9 Å². The summed E-state index contributed by atoms with van der Waals surface area (Å²) in [5.41, 5.74) is -1.52. The van der Waals surface area contributed by atoms with Crippen molar-refractivity contribution in [1.29, 1.82) is 0 Å². The van der Waals surface area contributed by atoms with Gasteiger partial charge in [0.1, 0.15) is 17.8 Å². The molecule has 0 radical (unpaired) electrons. The summed E-state index contributed by atoms with van der Waals surface area (Å²) in [5.74, 6) is -0.486. The number of Topliss-reactive ketones (excluding diaryl/α,β-unsaturated/α-hetero) is 1. The van der Waals surface area contributed by atoms with Crippen LogP contribution in [0.3, 0.4) is 0 Å². The Kier molecular flexibility index (Phi) is 33.5. The van der Waals surface area contributed by atoms with E-state index in [9.17, 15) is 53.8 Å². The molecule has 4 rings (SSSR count). The maximum Gasteiger partial charge on any atom is 2.00 e. The average Bonchev–Trinajstić information content (AvgIpc) is 3.91. The maximum absolute atomic E-state index is 11.4. The van der Waals surface area contributed by atoms with Gasteiger partial charge >= 0.3 is 23.1 Å². The van der Waals surface area contributed by atoms with Gasteiger partial charge in [-0.25, -0.2) is 33.7 Å². The molecule has 0 aromatic heterocycles. The van der Waals surface area contributed by atoms with Crippen LogP contribution in [0, 0.1) is 7.43 Å². The number of aliphatic hydroxyl groups is 3. The van der Waals surface area contributed by atoms with Crippen LogP contribution < -0.4 is 17.0 Å². The molecular formula is C39H79BrMgN4O16S4. The zero-order valence-electron chi connectivity index (χ0n) is 40.5. The smallest absolute Gasteiger partial charge is 1.00 e. The predicted octanol–water partition coefficient (Wildman–Crippen LogP) is -2.89. The van der Waals surface area contributed by atoms with Crippen molar-refractivity contribution < 1.29 is 89.7 Å². The summed E-state index contributed by atoms with van der Waals surface area (Å²) in [4.78, 5) is 11.3. The van der Waals surface area contributed by atoms with E-state index in [2.05, 4.69) is 26.5 Å². The molecule has 0 unspecified atom stereocenters. The van der Waals surface area contributed by atoms with Crippen molar-refractivity contribution in [2.45, 2.75) is 97.1 Å². The van der Waals surface area contributed by atoms with Gasteiger partial charge in [0.25, 0.3) is 0 Å². The Morgan fingerprint density at radius 3 is 1.28 bits per heavy atom. The SMILES string of the molecule is C.C/C=C1\CN(S(C)(=O)=O)C[C@@H]1OC.C=C1CN(S(C)(=O)=O)C[C@@H]1OC.CC=C(C)C.CO[C@H]1CN(S(C)(=O)=O)C[C@@]1(O)C(C)(C)O.CO[C@H]1CN(S(C)(=O)=O)C[C@@]1(O)C(C)=O.[Br-].[CH3-].[Mg+2]. The van der Waals surface area contributed by atoms with Crippen LogP contribution in [0.5, 0.6) is 0 Å². The zero-order chi connectivity index (χ0) is 48.3. The molecule has 3 N–H and O–H groups in total. The van der Waals surface area contributed by atoms with E-state index >= 15 is 0 Å². The summed E-state index contributed by atoms with van der Waals surface area (Å²) in [6.07, 6.45) is 6.77. The molecule has 0 aromatic rings. The minimum atomic E-state index is -3.41. The van der Waals surface area contributed by atoms with Crippen LogP contribution in [0.1, 0.15) is 55.9 Å². The van der Waals surface area contributed by atoms with Gasteiger partial charge in [0, 0.05) is 74.3 Å². The standard InChI is InChI=1S/C9H19NO5S.C8H15NO5S.C8H15NO3S.C7H13NO3S.C5H10.CH4.CH3.BrH.Mg/c1-8(2,11)9(12)6-10(16(4,13)14)5-7(9)15-3;1-6(10)8(11)5-9(15(3,12)13)4-7(8)14-2;1-4-7-5-9(13(3,10)11)6-8(7)12-2;1-6-4-8(12(3,9)10)5-7(6)11-2;1-4-5(2)3;;;;/h7,11-12H,5-6H2,1-4H3;7,11H,4-5H2,1-3H3;4,8H,5-6H2,1-3H3;7H,1,4-5H2,2-3H3;4H,1-3H3;1H4;1H3;1H;/q;;;;;;-1;;+2/p-1/b;;7-4+;;;;;;/t7-,9-;7-,8+;8-;7-;;;;;/m0000...../s1. The first-order valence-corrected chi connectivity index (χ1v) is 26.4. The maximum atomic E-state index is 11.4. The van der Waals surface area contributed by atoms with Crippen LogP contribution in [-0.2, 0) is 63.8 Å². The Hall–Kier alpha value is -0.504. The molecule has 26 heteroatoms. The monoisotopic (exact) mass is 1090 g/mol. The molecule has 4 saturated heterocycles. The van der Waals surface area contributed by atoms with Crippen LogP contribution in [0.2, 0.25) is 0 Å². The summed E-state index contributed by atoms with van der Waals surface area (Å²) in [5, 5.41) is 30.2. The molecule has 0 bridgehead atoms. The molecule has 65 heavy (non-hydrogen) atoms. The van der Waals surface area contributed by atoms with E-state index in [1.807, 2.05) is 19.9 Å². The number of hydrogen-bond acceptors (Lipinski definition) is 16. The molecule has 4 aliphatic heterocycles. The Morgan fingerprint density at radius 1 is 0.692 bits per heavy atom. The topological polar surface area (TPSA) is 264 Å². The van der Waals surface area contributed by atoms with Gasteiger partial charge in [-0.3, -0.25) is 4.79 Å². The molecule has 384 valence electrons. The van der Waals surface area contributed by atoms with Crippen LogP contribution in [0.25, 0.3) is 0 Å². The first kappa shape index (κ1) is 73.5. The van der Waals surface area contributed by atoms with E-state index in [1.54, 1.807) is 14.2 Å². The minimum absolute atomic E-state index is 0. The van der Waals surface area contributed by atoms with E-state index in [0.29, 0.717) is 26.2 Å². The summed E-state index contributed by atoms with van der Waals surface area (Å²) in [6.45, 7) is 17.3. The summed E-state index contributed by atoms with van der Waals surface area (Å²) >= 11 is 0. The van der Waals surface area contributed by atoms with Crippen molar-refractivity contribution >= 4 is 68.9 Å². The van der Waals surface area contributed by atoms with Gasteiger partial charge in [0.15, 0.2) is 11.4 Å². The van der Waals surface area contributed by atoms with Crippen LogP contribution in [0.4, 0.5) is 0 Å². The fourth-order valence-electron chi connectivity index (χ4n) is 6.14. The predicted molar refractivity (Wildman–Crippen MR) is 253 cm³/mol. The second-order valence-electron chi connectivity index (χ2n) is 16.0. The molecule has 20 nitrogen and oxygen atoms in total. The van der Waals surface area contributed by atoms with Gasteiger partial charge in [-0.1, -0.05) is 31.7 Å². The van der Waals surface area contributed by atoms with E-state index in [1.165, 1.54) is 61.7 Å². The minimum Gasteiger partial charge on any atom is -1.00 e. The van der Waals surface area contributed by atoms with Gasteiger partial charge in [-0.15, -0.1) is 0 Å². The Balaban J connectivity index is -0.000000234. The van der Waals surface area contributed by atoms with Crippen molar-refractivity contribution in [1.82, 2.24) is 17.2 Å². The first-order valence-electron chi connectivity index (χ1n) is 19.0. The molecular weight excluding hydrogens is 1010 g/mol. The number of allylic oxidation sites excluding steroid dienone is 3. The third-order valence-electron chi connectivity index (χ3n) is 10.6. The van der Waals surface area contributed by atoms with Crippen molar-refractivity contribution in [2.75, 3.05) is 106 Å². The molecule has 0 saturated carbocycles. The summed E-state index contributed by atoms with van der Waals surface area (Å²) in [7, 11) is -7.09. The second-order valence-corrected chi connectivity index (χ2v) is 23.9. The number of nitrogens with zero attached hydrogens (tertiary/aromatic N) is 4. The Morgan fingerprint density at radius 2 is 1.05 bits per heavy atom. The second kappa shape index (κ2) is 29.6. The molecule has 4 aliphatic rings. The number of β-amino-alcohol motifs (C(OH)–C–C–N with tert-alkyl or cyclic N) is 2. The number of sulfonamides is 4. The first-order chi connectivity index (χ1) is 27.4. The number of ether oxygens (including phenoxy) is 4. The molecule has 0 aromatic carbocycles. The molecule has 6 atom stereocenters. The molecule has 4 fully saturated rings. The number of rotatable bonds is 10. The van der Waals surface area contributed by atoms with Crippen LogP contribution in [0.15, 0.2) is 35.5 Å². The third-order valence-corrected chi connectivity index (χ3v) is 15.5. The van der Waals surface area contributed by atoms with Crippen molar-refractivity contribution in [3.63, 3.8) is 0 Å². The number of methoxy groups -OCH3 is 4. The van der Waals surface area contributed by atoms with Crippen LogP contribution in [-0.4, -0.2) is 242 Å². The average molecular weight is 1090 g/mol. The fraction of sp³-hybridized carbons (Fsp3) is 0.795. The normalized spacial score (nSPS) is 27.0. The molecule has 0 amide bonds. The largest absolute Gasteiger partial charge is 2.00 e. The van der Waals surface area contributed by atoms with Gasteiger partial charge in [-0.05, 0) is 59.6 Å². The number of carbonyl (C=O) groups is 1.